The Balaban J connectivity index is -0.0000000684. The summed E-state index contributed by atoms with van der Waals surface area (Å²) < 4.78 is 54.1. The first-order chi connectivity index (χ1) is 9.20. The first-order valence-electron chi connectivity index (χ1n) is 4.50. The summed E-state index contributed by atoms with van der Waals surface area (Å²) in [5, 5.41) is 0. The van der Waals surface area contributed by atoms with Gasteiger partial charge >= 0.3 is 156 Å². The Bertz CT molecular complexity index is 482. The second-order valence-corrected chi connectivity index (χ2v) is 7.90. The van der Waals surface area contributed by atoms with E-state index in [0.29, 0.717) is 13.0 Å². The molecule has 1 fully saturated rings. The van der Waals surface area contributed by atoms with Crippen LogP contribution in [-0.4, -0.2) is 12.8 Å². The zero-order chi connectivity index (χ0) is 16.9. The Hall–Kier alpha value is 5.39. The van der Waals surface area contributed by atoms with E-state index in [1.165, 1.54) is 0 Å². The molecule has 0 aromatic rings. The van der Waals surface area contributed by atoms with Gasteiger partial charge in [-0.25, -0.2) is 0 Å². The number of hydrogen-bond acceptors (Lipinski definition) is 14. The fourth-order valence-electron chi connectivity index (χ4n) is 0.697. The van der Waals surface area contributed by atoms with E-state index >= 15 is 0 Å². The van der Waals surface area contributed by atoms with Gasteiger partial charge in [0.15, 0.2) is 6.23 Å². The number of nitrogens with two attached hydrogens (primary N) is 1. The Labute approximate surface area is 260 Å². The van der Waals surface area contributed by atoms with Crippen molar-refractivity contribution in [3.63, 3.8) is 0 Å². The van der Waals surface area contributed by atoms with Gasteiger partial charge in [0.05, 0.1) is 15.6 Å². The molecule has 0 saturated carbocycles. The predicted octanol–water partition coefficient (Wildman–Crippen LogP) is -18.5. The molecule has 26 heavy (non-hydrogen) atoms. The third-order valence-electron chi connectivity index (χ3n) is 1.22. The maximum atomic E-state index is 10.3. The number of hydrogen-bond donors (Lipinski definition) is 1. The largest absolute Gasteiger partial charge is 1.00 e. The molecule has 0 spiro atoms. The van der Waals surface area contributed by atoms with Crippen LogP contribution >= 0.6 is 31.7 Å². The molecule has 0 amide bonds. The summed E-state index contributed by atoms with van der Waals surface area (Å²) in [6.07, 6.45) is 0.230. The first kappa shape index (κ1) is 45.0. The van der Waals surface area contributed by atoms with Crippen molar-refractivity contribution in [3.05, 3.63) is 0 Å². The molecular weight excluding hydrogens is 497 g/mol. The van der Waals surface area contributed by atoms with E-state index in [2.05, 4.69) is 17.7 Å². The molecule has 23 heteroatoms. The van der Waals surface area contributed by atoms with E-state index in [1.54, 1.807) is 0 Å². The molecule has 1 aliphatic heterocycles. The third-order valence-corrected chi connectivity index (χ3v) is 5.26. The van der Waals surface area contributed by atoms with Gasteiger partial charge in [-0.2, -0.15) is 0 Å². The van der Waals surface area contributed by atoms with Crippen LogP contribution in [0.15, 0.2) is 0 Å². The van der Waals surface area contributed by atoms with Gasteiger partial charge in [-0.15, -0.1) is 9.05 Å². The molecule has 2 unspecified atom stereocenters. The summed E-state index contributed by atoms with van der Waals surface area (Å²) in [4.78, 5) is 48.6. The zero-order valence-corrected chi connectivity index (χ0v) is 28.2. The standard InChI is InChI=1S/C3H7NO3P.5Na.H5O10P3/c4-3-1-2-6-8(5)7-3;;;;;;1-11(2,3)9-13(7,8)10-12(4,5)6/h3H,1-2,4H2;;;;;;(H,7,8)(H2,1,2,3)(H2,4,5,6)/q6*+1;/p-5. The summed E-state index contributed by atoms with van der Waals surface area (Å²) in [6.45, 7) is 0.441. The van der Waals surface area contributed by atoms with Crippen LogP contribution in [0.1, 0.15) is 6.42 Å². The third kappa shape index (κ3) is 31.6. The van der Waals surface area contributed by atoms with Crippen molar-refractivity contribution in [2.45, 2.75) is 12.6 Å². The molecule has 0 radical (unpaired) electrons. The molecule has 1 aliphatic rings. The quantitative estimate of drug-likeness (QED) is 0.276. The van der Waals surface area contributed by atoms with Crippen molar-refractivity contribution < 1.29 is 208 Å². The molecular formula is C3H7NNa5O13P4+. The fourth-order valence-corrected chi connectivity index (χ4v) is 3.69. The van der Waals surface area contributed by atoms with Crippen molar-refractivity contribution in [2.24, 2.45) is 5.73 Å². The Morgan fingerprint density at radius 3 is 1.42 bits per heavy atom. The minimum atomic E-state index is -5.97. The second kappa shape index (κ2) is 21.0. The molecule has 1 heterocycles. The summed E-state index contributed by atoms with van der Waals surface area (Å²) in [6, 6.07) is 0. The Morgan fingerprint density at radius 2 is 1.23 bits per heavy atom. The van der Waals surface area contributed by atoms with Gasteiger partial charge in [-0.1, -0.05) is 0 Å². The van der Waals surface area contributed by atoms with Gasteiger partial charge < -0.3 is 39.3 Å². The van der Waals surface area contributed by atoms with Crippen LogP contribution in [0, 0.1) is 0 Å². The smallest absolute Gasteiger partial charge is 0.790 e. The first-order valence-corrected chi connectivity index (χ1v) is 9.98. The van der Waals surface area contributed by atoms with Crippen molar-refractivity contribution >= 4 is 31.7 Å². The predicted molar refractivity (Wildman–Crippen MR) is 52.2 cm³/mol. The zero-order valence-electron chi connectivity index (χ0n) is 14.7. The SMILES string of the molecule is NC1CCO[P+](=O)O1.O=P([O-])([O-])OP(=O)([O-])OP(=O)([O-])[O-].[Na+].[Na+].[Na+].[Na+].[Na+]. The van der Waals surface area contributed by atoms with Gasteiger partial charge in [-0.3, -0.25) is 13.2 Å². The topological polar surface area (TPSA) is 247 Å². The van der Waals surface area contributed by atoms with Crippen LogP contribution < -0.4 is 178 Å². The normalized spacial score (nSPS) is 18.1. The van der Waals surface area contributed by atoms with Gasteiger partial charge in [0.25, 0.3) is 7.82 Å². The molecule has 14 nitrogen and oxygen atoms in total. The summed E-state index contributed by atoms with van der Waals surface area (Å²) >= 11 is 0. The minimum Gasteiger partial charge on any atom is -0.790 e. The van der Waals surface area contributed by atoms with Gasteiger partial charge in [0, 0.05) is 11.0 Å². The van der Waals surface area contributed by atoms with E-state index in [9.17, 15) is 42.7 Å². The van der Waals surface area contributed by atoms with E-state index < -0.39 is 38.0 Å². The fraction of sp³-hybridized carbons (Fsp3) is 1.00. The second-order valence-electron chi connectivity index (χ2n) is 2.99. The van der Waals surface area contributed by atoms with E-state index in [-0.39, 0.29) is 148 Å². The molecule has 1 rings (SSSR count). The van der Waals surface area contributed by atoms with E-state index in [1.807, 2.05) is 0 Å². The minimum absolute atomic E-state index is 0. The van der Waals surface area contributed by atoms with E-state index in [4.69, 9.17) is 5.73 Å². The van der Waals surface area contributed by atoms with Gasteiger partial charge in [0.2, 0.25) is 0 Å². The summed E-state index contributed by atoms with van der Waals surface area (Å²) in [5.41, 5.74) is 5.24. The molecule has 2 N–H and O–H groups in total. The van der Waals surface area contributed by atoms with E-state index in [0.717, 1.165) is 0 Å². The molecule has 0 bridgehead atoms. The average molecular weight is 504 g/mol. The molecule has 2 atom stereocenters. The molecule has 126 valence electrons. The number of phosphoric acid groups is 3. The van der Waals surface area contributed by atoms with Crippen LogP contribution in [-0.2, 0) is 35.9 Å². The molecule has 0 aromatic heterocycles. The van der Waals surface area contributed by atoms with Crippen LogP contribution in [0.3, 0.4) is 0 Å². The van der Waals surface area contributed by atoms with Crippen LogP contribution in [0.25, 0.3) is 0 Å². The molecule has 0 aromatic carbocycles. The van der Waals surface area contributed by atoms with Crippen molar-refractivity contribution in [1.29, 1.82) is 0 Å². The maximum Gasteiger partial charge on any atom is 1.00 e. The summed E-state index contributed by atoms with van der Waals surface area (Å²) in [7, 11) is -19.8. The average Bonchev–Trinajstić information content (AvgIpc) is 2.08. The monoisotopic (exact) mass is 504 g/mol. The maximum absolute atomic E-state index is 10.3. The molecule has 0 aliphatic carbocycles. The van der Waals surface area contributed by atoms with Crippen LogP contribution in [0.5, 0.6) is 0 Å². The van der Waals surface area contributed by atoms with Crippen molar-refractivity contribution in [1.82, 2.24) is 0 Å². The number of rotatable bonds is 4. The van der Waals surface area contributed by atoms with Crippen molar-refractivity contribution in [2.75, 3.05) is 6.61 Å². The van der Waals surface area contributed by atoms with Gasteiger partial charge in [-0.05, 0) is 0 Å². The van der Waals surface area contributed by atoms with Crippen LogP contribution in [0.4, 0.5) is 0 Å². The Kier molecular flexibility index (Phi) is 36.3. The molecule has 1 saturated heterocycles. The van der Waals surface area contributed by atoms with Gasteiger partial charge in [0.1, 0.15) is 6.61 Å². The summed E-state index contributed by atoms with van der Waals surface area (Å²) in [5.74, 6) is 0. The van der Waals surface area contributed by atoms with Crippen LogP contribution in [0.2, 0.25) is 0 Å². The Morgan fingerprint density at radius 1 is 0.885 bits per heavy atom. The van der Waals surface area contributed by atoms with Crippen molar-refractivity contribution in [3.8, 4) is 0 Å².